The predicted octanol–water partition coefficient (Wildman–Crippen LogP) is 4.09. The van der Waals surface area contributed by atoms with E-state index in [0.29, 0.717) is 6.54 Å². The number of nitrogens with two attached hydrogens (primary N) is 1. The molecule has 4 aromatic rings. The number of hydrogen-bond acceptors (Lipinski definition) is 1. The average Bonchev–Trinajstić information content (AvgIpc) is 2.45. The highest BCUT2D eigenvalue weighted by Gasteiger charge is 2.08. The number of benzene rings is 4. The van der Waals surface area contributed by atoms with E-state index in [-0.39, 0.29) is 0 Å². The van der Waals surface area contributed by atoms with Crippen LogP contribution in [0.4, 0.5) is 0 Å². The van der Waals surface area contributed by atoms with Crippen molar-refractivity contribution in [1.29, 1.82) is 0 Å². The van der Waals surface area contributed by atoms with Gasteiger partial charge in [-0.25, -0.2) is 0 Å². The van der Waals surface area contributed by atoms with E-state index in [2.05, 4.69) is 54.6 Å². The van der Waals surface area contributed by atoms with Crippen LogP contribution in [-0.2, 0) is 6.42 Å². The van der Waals surface area contributed by atoms with Gasteiger partial charge >= 0.3 is 0 Å². The van der Waals surface area contributed by atoms with Gasteiger partial charge in [0.1, 0.15) is 0 Å². The monoisotopic (exact) mass is 245 g/mol. The lowest BCUT2D eigenvalue weighted by Gasteiger charge is -2.12. The van der Waals surface area contributed by atoms with Crippen molar-refractivity contribution in [2.24, 2.45) is 5.73 Å². The number of hydrogen-bond donors (Lipinski definition) is 1. The lowest BCUT2D eigenvalue weighted by molar-refractivity contribution is 0.972. The molecule has 0 saturated carbocycles. The highest BCUT2D eigenvalue weighted by atomic mass is 14.5. The van der Waals surface area contributed by atoms with Gasteiger partial charge in [-0.2, -0.15) is 0 Å². The second-order valence-electron chi connectivity index (χ2n) is 5.17. The molecule has 0 fully saturated rings. The van der Waals surface area contributed by atoms with Gasteiger partial charge in [0.15, 0.2) is 0 Å². The highest BCUT2D eigenvalue weighted by molar-refractivity contribution is 6.23. The zero-order chi connectivity index (χ0) is 12.8. The molecule has 0 aliphatic heterocycles. The van der Waals surface area contributed by atoms with Crippen LogP contribution in [0.2, 0.25) is 0 Å². The van der Waals surface area contributed by atoms with Crippen molar-refractivity contribution in [3.8, 4) is 0 Å². The summed E-state index contributed by atoms with van der Waals surface area (Å²) in [6.07, 6.45) is 0.941. The molecule has 0 aliphatic rings. The van der Waals surface area contributed by atoms with Crippen molar-refractivity contribution < 1.29 is 0 Å². The molecule has 0 atom stereocenters. The van der Waals surface area contributed by atoms with E-state index in [1.54, 1.807) is 0 Å². The smallest absolute Gasteiger partial charge is 0.00266 e. The molecular formula is C18H15N. The summed E-state index contributed by atoms with van der Waals surface area (Å²) in [4.78, 5) is 0. The van der Waals surface area contributed by atoms with Gasteiger partial charge in [-0.05, 0) is 50.8 Å². The Labute approximate surface area is 112 Å². The van der Waals surface area contributed by atoms with Crippen LogP contribution in [0, 0.1) is 0 Å². The van der Waals surface area contributed by atoms with Gasteiger partial charge in [0, 0.05) is 0 Å². The Morgan fingerprint density at radius 3 is 1.79 bits per heavy atom. The molecule has 1 heteroatoms. The lowest BCUT2D eigenvalue weighted by atomic mass is 9.92. The lowest BCUT2D eigenvalue weighted by Crippen LogP contribution is -2.02. The molecule has 0 aromatic heterocycles. The predicted molar refractivity (Wildman–Crippen MR) is 82.9 cm³/mol. The average molecular weight is 245 g/mol. The van der Waals surface area contributed by atoms with Gasteiger partial charge in [-0.1, -0.05) is 54.6 Å². The maximum absolute atomic E-state index is 5.68. The van der Waals surface area contributed by atoms with Crippen LogP contribution in [0.25, 0.3) is 32.3 Å². The van der Waals surface area contributed by atoms with Crippen molar-refractivity contribution >= 4 is 32.3 Å². The van der Waals surface area contributed by atoms with Crippen molar-refractivity contribution in [2.45, 2.75) is 6.42 Å². The van der Waals surface area contributed by atoms with Crippen molar-refractivity contribution in [1.82, 2.24) is 0 Å². The SMILES string of the molecule is NCCc1cc2ccc3cccc4ccc(c1)c2c34. The van der Waals surface area contributed by atoms with Gasteiger partial charge in [0.05, 0.1) is 0 Å². The van der Waals surface area contributed by atoms with Gasteiger partial charge in [0.25, 0.3) is 0 Å². The molecule has 0 saturated heterocycles. The van der Waals surface area contributed by atoms with E-state index in [1.807, 2.05) is 0 Å². The third-order valence-electron chi connectivity index (χ3n) is 3.96. The van der Waals surface area contributed by atoms with E-state index in [4.69, 9.17) is 5.73 Å². The summed E-state index contributed by atoms with van der Waals surface area (Å²) in [6, 6.07) is 20.0. The fourth-order valence-corrected chi connectivity index (χ4v) is 3.13. The summed E-state index contributed by atoms with van der Waals surface area (Å²) >= 11 is 0. The Morgan fingerprint density at radius 1 is 0.684 bits per heavy atom. The molecule has 0 heterocycles. The van der Waals surface area contributed by atoms with Gasteiger partial charge in [-0.15, -0.1) is 0 Å². The molecule has 0 radical (unpaired) electrons. The van der Waals surface area contributed by atoms with Crippen LogP contribution in [0.15, 0.2) is 54.6 Å². The van der Waals surface area contributed by atoms with Gasteiger partial charge in [0.2, 0.25) is 0 Å². The van der Waals surface area contributed by atoms with E-state index < -0.39 is 0 Å². The third-order valence-corrected chi connectivity index (χ3v) is 3.96. The van der Waals surface area contributed by atoms with Crippen molar-refractivity contribution in [3.63, 3.8) is 0 Å². The molecular weight excluding hydrogens is 230 g/mol. The van der Waals surface area contributed by atoms with Crippen LogP contribution >= 0.6 is 0 Å². The summed E-state index contributed by atoms with van der Waals surface area (Å²) in [7, 11) is 0. The largest absolute Gasteiger partial charge is 0.330 e. The van der Waals surface area contributed by atoms with Crippen LogP contribution < -0.4 is 5.73 Å². The van der Waals surface area contributed by atoms with Crippen LogP contribution in [0.1, 0.15) is 5.56 Å². The van der Waals surface area contributed by atoms with Gasteiger partial charge < -0.3 is 5.73 Å². The van der Waals surface area contributed by atoms with E-state index in [9.17, 15) is 0 Å². The normalized spacial score (nSPS) is 11.8. The van der Waals surface area contributed by atoms with E-state index >= 15 is 0 Å². The summed E-state index contributed by atoms with van der Waals surface area (Å²) in [6.45, 7) is 0.702. The third kappa shape index (κ3) is 1.52. The standard InChI is InChI=1S/C18H15N/c19-9-8-12-10-15-6-4-13-2-1-3-14-5-7-16(11-12)18(15)17(13)14/h1-7,10-11H,8-9,19H2. The summed E-state index contributed by atoms with van der Waals surface area (Å²) < 4.78 is 0. The first-order valence-electron chi connectivity index (χ1n) is 6.73. The minimum Gasteiger partial charge on any atom is -0.330 e. The molecule has 4 aromatic carbocycles. The second kappa shape index (κ2) is 3.94. The Morgan fingerprint density at radius 2 is 1.21 bits per heavy atom. The van der Waals surface area contributed by atoms with Crippen molar-refractivity contribution in [2.75, 3.05) is 6.54 Å². The minimum absolute atomic E-state index is 0.702. The summed E-state index contributed by atoms with van der Waals surface area (Å²) in [5.74, 6) is 0. The van der Waals surface area contributed by atoms with Crippen LogP contribution in [0.5, 0.6) is 0 Å². The summed E-state index contributed by atoms with van der Waals surface area (Å²) in [5, 5.41) is 8.06. The zero-order valence-corrected chi connectivity index (χ0v) is 10.7. The van der Waals surface area contributed by atoms with Crippen LogP contribution in [0.3, 0.4) is 0 Å². The zero-order valence-electron chi connectivity index (χ0n) is 10.7. The summed E-state index contributed by atoms with van der Waals surface area (Å²) in [5.41, 5.74) is 7.01. The first kappa shape index (κ1) is 10.8. The Balaban J connectivity index is 2.22. The fraction of sp³-hybridized carbons (Fsp3) is 0.111. The Hall–Kier alpha value is -2.12. The molecule has 92 valence electrons. The molecule has 0 bridgehead atoms. The van der Waals surface area contributed by atoms with E-state index in [0.717, 1.165) is 6.42 Å². The topological polar surface area (TPSA) is 26.0 Å². The molecule has 4 rings (SSSR count). The molecule has 19 heavy (non-hydrogen) atoms. The minimum atomic E-state index is 0.702. The van der Waals surface area contributed by atoms with E-state index in [1.165, 1.54) is 37.9 Å². The quantitative estimate of drug-likeness (QED) is 0.529. The first-order valence-corrected chi connectivity index (χ1v) is 6.73. The first-order chi connectivity index (χ1) is 9.36. The molecule has 0 aliphatic carbocycles. The molecule has 1 nitrogen and oxygen atoms in total. The Kier molecular flexibility index (Phi) is 2.23. The second-order valence-corrected chi connectivity index (χ2v) is 5.17. The molecule has 0 unspecified atom stereocenters. The van der Waals surface area contributed by atoms with Crippen LogP contribution in [-0.4, -0.2) is 6.54 Å². The maximum Gasteiger partial charge on any atom is -0.00266 e. The van der Waals surface area contributed by atoms with Crippen molar-refractivity contribution in [3.05, 3.63) is 60.2 Å². The maximum atomic E-state index is 5.68. The molecule has 2 N–H and O–H groups in total. The molecule has 0 amide bonds. The van der Waals surface area contributed by atoms with Gasteiger partial charge in [-0.3, -0.25) is 0 Å². The fourth-order valence-electron chi connectivity index (χ4n) is 3.13. The molecule has 0 spiro atoms. The number of rotatable bonds is 2. The Bertz CT molecular complexity index is 813. The highest BCUT2D eigenvalue weighted by Crippen LogP contribution is 2.34.